The molecule has 1 aliphatic heterocycles. The SMILES string of the molecule is Cc1ccc(-c2cnc(CCC(=O)NCc3ccc(S(=O)(=O)N4CCOCC4)s3)o2)cc1C. The highest BCUT2D eigenvalue weighted by Gasteiger charge is 2.27. The third-order valence-corrected chi connectivity index (χ3v) is 9.02. The van der Waals surface area contributed by atoms with E-state index in [9.17, 15) is 13.2 Å². The van der Waals surface area contributed by atoms with Gasteiger partial charge in [-0.3, -0.25) is 4.79 Å². The van der Waals surface area contributed by atoms with Crippen molar-refractivity contribution in [3.05, 3.63) is 58.4 Å². The Balaban J connectivity index is 1.27. The quantitative estimate of drug-likeness (QED) is 0.521. The molecule has 0 spiro atoms. The summed E-state index contributed by atoms with van der Waals surface area (Å²) in [5.74, 6) is 1.04. The molecule has 1 aromatic carbocycles. The number of nitrogens with one attached hydrogen (secondary N) is 1. The average molecular weight is 490 g/mol. The van der Waals surface area contributed by atoms with Gasteiger partial charge in [0.2, 0.25) is 5.91 Å². The summed E-state index contributed by atoms with van der Waals surface area (Å²) in [7, 11) is -3.51. The fraction of sp³-hybridized carbons (Fsp3) is 0.391. The zero-order valence-corrected chi connectivity index (χ0v) is 20.3. The molecule has 0 unspecified atom stereocenters. The predicted octanol–water partition coefficient (Wildman–Crippen LogP) is 3.29. The summed E-state index contributed by atoms with van der Waals surface area (Å²) in [6.07, 6.45) is 2.30. The molecule has 0 saturated carbocycles. The number of aromatic nitrogens is 1. The van der Waals surface area contributed by atoms with Gasteiger partial charge in [0.15, 0.2) is 11.7 Å². The number of sulfonamides is 1. The minimum absolute atomic E-state index is 0.146. The van der Waals surface area contributed by atoms with Gasteiger partial charge >= 0.3 is 0 Å². The van der Waals surface area contributed by atoms with E-state index in [0.717, 1.165) is 10.4 Å². The molecule has 33 heavy (non-hydrogen) atoms. The molecule has 0 bridgehead atoms. The number of benzene rings is 1. The van der Waals surface area contributed by atoms with Crippen molar-refractivity contribution in [2.45, 2.75) is 37.4 Å². The lowest BCUT2D eigenvalue weighted by molar-refractivity contribution is -0.121. The second kappa shape index (κ2) is 10.2. The van der Waals surface area contributed by atoms with E-state index in [4.69, 9.17) is 9.15 Å². The van der Waals surface area contributed by atoms with Crippen molar-refractivity contribution in [1.82, 2.24) is 14.6 Å². The van der Waals surface area contributed by atoms with Crippen LogP contribution in [0.4, 0.5) is 0 Å². The summed E-state index contributed by atoms with van der Waals surface area (Å²) in [5, 5.41) is 2.84. The van der Waals surface area contributed by atoms with Crippen molar-refractivity contribution in [2.75, 3.05) is 26.3 Å². The van der Waals surface area contributed by atoms with Crippen LogP contribution in [0, 0.1) is 13.8 Å². The maximum atomic E-state index is 12.7. The topological polar surface area (TPSA) is 102 Å². The molecule has 1 aliphatic rings. The second-order valence-electron chi connectivity index (χ2n) is 7.93. The van der Waals surface area contributed by atoms with Gasteiger partial charge in [0.05, 0.1) is 26.0 Å². The maximum Gasteiger partial charge on any atom is 0.252 e. The number of oxazole rings is 1. The Bertz CT molecular complexity index is 1230. The zero-order valence-electron chi connectivity index (χ0n) is 18.7. The van der Waals surface area contributed by atoms with E-state index in [1.165, 1.54) is 26.8 Å². The summed E-state index contributed by atoms with van der Waals surface area (Å²) in [6, 6.07) is 9.43. The van der Waals surface area contributed by atoms with Crippen LogP contribution in [0.15, 0.2) is 45.2 Å². The third kappa shape index (κ3) is 5.70. The molecule has 4 rings (SSSR count). The number of carbonyl (C=O) groups is 1. The Morgan fingerprint density at radius 3 is 2.70 bits per heavy atom. The van der Waals surface area contributed by atoms with Crippen LogP contribution in [0.5, 0.6) is 0 Å². The summed E-state index contributed by atoms with van der Waals surface area (Å²) in [6.45, 7) is 5.92. The van der Waals surface area contributed by atoms with Gasteiger partial charge in [-0.15, -0.1) is 11.3 Å². The minimum atomic E-state index is -3.51. The predicted molar refractivity (Wildman–Crippen MR) is 125 cm³/mol. The third-order valence-electron chi connectivity index (χ3n) is 5.57. The molecule has 1 fully saturated rings. The summed E-state index contributed by atoms with van der Waals surface area (Å²) < 4.78 is 38.2. The molecule has 10 heteroatoms. The first-order valence-corrected chi connectivity index (χ1v) is 13.0. The van der Waals surface area contributed by atoms with Crippen molar-refractivity contribution in [3.63, 3.8) is 0 Å². The van der Waals surface area contributed by atoms with E-state index in [0.29, 0.717) is 44.4 Å². The number of rotatable bonds is 8. The Labute approximate surface area is 197 Å². The molecule has 8 nitrogen and oxygen atoms in total. The molecule has 3 aromatic rings. The van der Waals surface area contributed by atoms with Gasteiger partial charge in [0.25, 0.3) is 10.0 Å². The van der Waals surface area contributed by atoms with Crippen molar-refractivity contribution < 1.29 is 22.4 Å². The Morgan fingerprint density at radius 2 is 1.94 bits per heavy atom. The zero-order chi connectivity index (χ0) is 23.4. The van der Waals surface area contributed by atoms with E-state index in [1.54, 1.807) is 18.3 Å². The molecule has 0 atom stereocenters. The van der Waals surface area contributed by atoms with Gasteiger partial charge < -0.3 is 14.5 Å². The number of hydrogen-bond donors (Lipinski definition) is 1. The van der Waals surface area contributed by atoms with Gasteiger partial charge in [-0.2, -0.15) is 4.31 Å². The molecule has 1 amide bonds. The minimum Gasteiger partial charge on any atom is -0.441 e. The van der Waals surface area contributed by atoms with Crippen molar-refractivity contribution in [3.8, 4) is 11.3 Å². The molecular formula is C23H27N3O5S2. The number of carbonyl (C=O) groups excluding carboxylic acids is 1. The van der Waals surface area contributed by atoms with Crippen LogP contribution < -0.4 is 5.32 Å². The average Bonchev–Trinajstić information content (AvgIpc) is 3.49. The van der Waals surface area contributed by atoms with E-state index in [2.05, 4.69) is 30.2 Å². The van der Waals surface area contributed by atoms with Crippen LogP contribution in [0.3, 0.4) is 0 Å². The van der Waals surface area contributed by atoms with Crippen LogP contribution in [0.25, 0.3) is 11.3 Å². The van der Waals surface area contributed by atoms with Crippen molar-refractivity contribution >= 4 is 27.3 Å². The number of hydrogen-bond acceptors (Lipinski definition) is 7. The monoisotopic (exact) mass is 489 g/mol. The summed E-state index contributed by atoms with van der Waals surface area (Å²) >= 11 is 1.18. The summed E-state index contributed by atoms with van der Waals surface area (Å²) in [5.41, 5.74) is 3.35. The number of nitrogens with zero attached hydrogens (tertiary/aromatic N) is 2. The maximum absolute atomic E-state index is 12.7. The largest absolute Gasteiger partial charge is 0.441 e. The fourth-order valence-corrected chi connectivity index (χ4v) is 6.31. The van der Waals surface area contributed by atoms with Gasteiger partial charge in [-0.1, -0.05) is 12.1 Å². The molecule has 1 N–H and O–H groups in total. The highest BCUT2D eigenvalue weighted by atomic mass is 32.2. The van der Waals surface area contributed by atoms with Gasteiger partial charge in [0.1, 0.15) is 4.21 Å². The van der Waals surface area contributed by atoms with Crippen LogP contribution in [0.1, 0.15) is 28.3 Å². The highest BCUT2D eigenvalue weighted by molar-refractivity contribution is 7.91. The van der Waals surface area contributed by atoms with Gasteiger partial charge in [0, 0.05) is 36.4 Å². The lowest BCUT2D eigenvalue weighted by atomic mass is 10.1. The van der Waals surface area contributed by atoms with Gasteiger partial charge in [-0.05, 0) is 43.2 Å². The molecule has 0 radical (unpaired) electrons. The van der Waals surface area contributed by atoms with Crippen molar-refractivity contribution in [1.29, 1.82) is 0 Å². The highest BCUT2D eigenvalue weighted by Crippen LogP contribution is 2.26. The lowest BCUT2D eigenvalue weighted by Crippen LogP contribution is -2.40. The smallest absolute Gasteiger partial charge is 0.252 e. The standard InChI is InChI=1S/C23H27N3O5S2/c1-16-3-4-18(13-17(16)2)20-15-25-22(31-20)7-6-21(27)24-14-19-5-8-23(32-19)33(28,29)26-9-11-30-12-10-26/h3-5,8,13,15H,6-7,9-12,14H2,1-2H3,(H,24,27). The van der Waals surface area contributed by atoms with Crippen molar-refractivity contribution in [2.24, 2.45) is 0 Å². The second-order valence-corrected chi connectivity index (χ2v) is 11.3. The van der Waals surface area contributed by atoms with E-state index >= 15 is 0 Å². The lowest BCUT2D eigenvalue weighted by Gasteiger charge is -2.25. The van der Waals surface area contributed by atoms with Crippen LogP contribution in [0.2, 0.25) is 0 Å². The number of amides is 1. The van der Waals surface area contributed by atoms with E-state index < -0.39 is 10.0 Å². The first-order valence-electron chi connectivity index (χ1n) is 10.8. The van der Waals surface area contributed by atoms with Crippen LogP contribution in [-0.4, -0.2) is 49.9 Å². The normalized spacial score (nSPS) is 15.0. The molecular weight excluding hydrogens is 462 g/mol. The number of ether oxygens (including phenoxy) is 1. The van der Waals surface area contributed by atoms with E-state index in [1.807, 2.05) is 12.1 Å². The Morgan fingerprint density at radius 1 is 1.15 bits per heavy atom. The number of aryl methyl sites for hydroxylation is 3. The fourth-order valence-electron chi connectivity index (χ4n) is 3.45. The molecule has 3 heterocycles. The Hall–Kier alpha value is -2.53. The number of thiophene rings is 1. The number of morpholine rings is 1. The molecule has 1 saturated heterocycles. The first kappa shape index (κ1) is 23.6. The Kier molecular flexibility index (Phi) is 7.28. The van der Waals surface area contributed by atoms with E-state index in [-0.39, 0.29) is 23.1 Å². The van der Waals surface area contributed by atoms with Crippen LogP contribution in [-0.2, 0) is 32.5 Å². The van der Waals surface area contributed by atoms with Crippen LogP contribution >= 0.6 is 11.3 Å². The summed E-state index contributed by atoms with van der Waals surface area (Å²) in [4.78, 5) is 17.3. The molecule has 176 valence electrons. The van der Waals surface area contributed by atoms with Gasteiger partial charge in [-0.25, -0.2) is 13.4 Å². The first-order chi connectivity index (χ1) is 15.8. The molecule has 2 aromatic heterocycles. The molecule has 0 aliphatic carbocycles.